The van der Waals surface area contributed by atoms with Gasteiger partial charge in [-0.3, -0.25) is 4.90 Å². The van der Waals surface area contributed by atoms with Crippen LogP contribution in [-0.4, -0.2) is 67.6 Å². The van der Waals surface area contributed by atoms with Crippen LogP contribution in [0.25, 0.3) is 11.1 Å². The molecule has 2 aromatic carbocycles. The van der Waals surface area contributed by atoms with Crippen LogP contribution in [0.15, 0.2) is 48.5 Å². The quantitative estimate of drug-likeness (QED) is 0.677. The third-order valence-electron chi connectivity index (χ3n) is 6.00. The van der Waals surface area contributed by atoms with Gasteiger partial charge in [0.2, 0.25) is 0 Å². The van der Waals surface area contributed by atoms with E-state index in [9.17, 15) is 14.7 Å². The number of carbonyl (C=O) groups excluding carboxylic acids is 1. The lowest BCUT2D eigenvalue weighted by Gasteiger charge is -2.26. The number of carboxylic acids is 1. The van der Waals surface area contributed by atoms with Gasteiger partial charge in [-0.25, -0.2) is 9.59 Å². The number of carboxylic acid groups (broad SMARTS) is 1. The molecule has 1 atom stereocenters. The minimum absolute atomic E-state index is 0.0530. The highest BCUT2D eigenvalue weighted by Gasteiger charge is 2.29. The fourth-order valence-electron chi connectivity index (χ4n) is 4.38. The number of rotatable bonds is 8. The van der Waals surface area contributed by atoms with E-state index in [1.807, 2.05) is 36.4 Å². The molecule has 1 heterocycles. The number of ether oxygens (including phenoxy) is 2. The maximum atomic E-state index is 12.4. The largest absolute Gasteiger partial charge is 0.480 e. The predicted octanol–water partition coefficient (Wildman–Crippen LogP) is 3.09. The SMILES string of the molecule is O=C(NC(CCCN1CCOCC1)C(=O)O)OCC1c2ccccc2-c2ccccc21. The maximum Gasteiger partial charge on any atom is 0.407 e. The molecule has 2 aliphatic rings. The zero-order valence-electron chi connectivity index (χ0n) is 17.5. The summed E-state index contributed by atoms with van der Waals surface area (Å²) in [5, 5.41) is 12.0. The van der Waals surface area contributed by atoms with Crippen LogP contribution in [0.2, 0.25) is 0 Å². The number of carbonyl (C=O) groups is 2. The molecular formula is C24H28N2O5. The highest BCUT2D eigenvalue weighted by molar-refractivity contribution is 5.81. The molecule has 1 aliphatic heterocycles. The van der Waals surface area contributed by atoms with Gasteiger partial charge in [-0.2, -0.15) is 0 Å². The molecule has 1 unspecified atom stereocenters. The number of hydrogen-bond acceptors (Lipinski definition) is 5. The Labute approximate surface area is 182 Å². The standard InChI is InChI=1S/C24H28N2O5/c27-23(28)22(10-5-11-26-12-14-30-15-13-26)25-24(29)31-16-21-19-8-3-1-6-17(19)18-7-2-4-9-20(18)21/h1-4,6-9,21-22H,5,10-16H2,(H,25,29)(H,27,28). The second kappa shape index (κ2) is 9.94. The van der Waals surface area contributed by atoms with E-state index < -0.39 is 18.1 Å². The Morgan fingerprint density at radius 3 is 2.29 bits per heavy atom. The number of nitrogens with one attached hydrogen (secondary N) is 1. The predicted molar refractivity (Wildman–Crippen MR) is 116 cm³/mol. The van der Waals surface area contributed by atoms with E-state index in [1.54, 1.807) is 0 Å². The molecule has 7 heteroatoms. The van der Waals surface area contributed by atoms with Crippen LogP contribution in [0.4, 0.5) is 4.79 Å². The van der Waals surface area contributed by atoms with Gasteiger partial charge in [0.05, 0.1) is 13.2 Å². The van der Waals surface area contributed by atoms with Gasteiger partial charge in [0.25, 0.3) is 0 Å². The first-order valence-corrected chi connectivity index (χ1v) is 10.8. The topological polar surface area (TPSA) is 88.1 Å². The van der Waals surface area contributed by atoms with Crippen molar-refractivity contribution in [1.29, 1.82) is 0 Å². The Morgan fingerprint density at radius 1 is 1.06 bits per heavy atom. The van der Waals surface area contributed by atoms with Gasteiger partial charge in [0, 0.05) is 19.0 Å². The first kappa shape index (κ1) is 21.3. The monoisotopic (exact) mass is 424 g/mol. The van der Waals surface area contributed by atoms with Gasteiger partial charge in [0.1, 0.15) is 12.6 Å². The fraction of sp³-hybridized carbons (Fsp3) is 0.417. The number of benzene rings is 2. The van der Waals surface area contributed by atoms with Crippen LogP contribution in [0.3, 0.4) is 0 Å². The Kier molecular flexibility index (Phi) is 6.84. The molecular weight excluding hydrogens is 396 g/mol. The van der Waals surface area contributed by atoms with Crippen LogP contribution in [0.5, 0.6) is 0 Å². The number of nitrogens with zero attached hydrogens (tertiary/aromatic N) is 1. The Bertz CT molecular complexity index is 880. The molecule has 2 N–H and O–H groups in total. The van der Waals surface area contributed by atoms with E-state index in [4.69, 9.17) is 9.47 Å². The van der Waals surface area contributed by atoms with Crippen molar-refractivity contribution >= 4 is 12.1 Å². The van der Waals surface area contributed by atoms with E-state index in [-0.39, 0.29) is 12.5 Å². The molecule has 1 amide bonds. The van der Waals surface area contributed by atoms with Gasteiger partial charge < -0.3 is 19.9 Å². The van der Waals surface area contributed by atoms with Crippen molar-refractivity contribution in [2.24, 2.45) is 0 Å². The zero-order valence-corrected chi connectivity index (χ0v) is 17.5. The highest BCUT2D eigenvalue weighted by Crippen LogP contribution is 2.44. The Morgan fingerprint density at radius 2 is 1.68 bits per heavy atom. The molecule has 4 rings (SSSR count). The fourth-order valence-corrected chi connectivity index (χ4v) is 4.38. The van der Waals surface area contributed by atoms with Gasteiger partial charge >= 0.3 is 12.1 Å². The maximum absolute atomic E-state index is 12.4. The molecule has 7 nitrogen and oxygen atoms in total. The summed E-state index contributed by atoms with van der Waals surface area (Å²) in [5.41, 5.74) is 4.55. The molecule has 1 saturated heterocycles. The van der Waals surface area contributed by atoms with Crippen molar-refractivity contribution in [3.63, 3.8) is 0 Å². The molecule has 0 saturated carbocycles. The number of aliphatic carboxylic acids is 1. The van der Waals surface area contributed by atoms with E-state index in [2.05, 4.69) is 22.3 Å². The highest BCUT2D eigenvalue weighted by atomic mass is 16.5. The lowest BCUT2D eigenvalue weighted by atomic mass is 9.98. The first-order chi connectivity index (χ1) is 15.1. The summed E-state index contributed by atoms with van der Waals surface area (Å²) < 4.78 is 10.8. The first-order valence-electron chi connectivity index (χ1n) is 10.8. The van der Waals surface area contributed by atoms with Gasteiger partial charge in [0.15, 0.2) is 0 Å². The van der Waals surface area contributed by atoms with Crippen molar-refractivity contribution in [2.45, 2.75) is 24.8 Å². The number of alkyl carbamates (subject to hydrolysis) is 1. The smallest absolute Gasteiger partial charge is 0.407 e. The summed E-state index contributed by atoms with van der Waals surface area (Å²) in [4.78, 5) is 26.2. The zero-order chi connectivity index (χ0) is 21.6. The molecule has 31 heavy (non-hydrogen) atoms. The second-order valence-corrected chi connectivity index (χ2v) is 7.96. The molecule has 0 aromatic heterocycles. The Balaban J connectivity index is 1.31. The lowest BCUT2D eigenvalue weighted by molar-refractivity contribution is -0.139. The summed E-state index contributed by atoms with van der Waals surface area (Å²) in [5.74, 6) is -1.10. The van der Waals surface area contributed by atoms with Crippen LogP contribution in [0, 0.1) is 0 Å². The third kappa shape index (κ3) is 5.06. The normalized spacial score (nSPS) is 16.9. The van der Waals surface area contributed by atoms with Crippen molar-refractivity contribution in [3.8, 4) is 11.1 Å². The molecule has 0 bridgehead atoms. The summed E-state index contributed by atoms with van der Waals surface area (Å²) in [6, 6.07) is 15.2. The third-order valence-corrected chi connectivity index (χ3v) is 6.00. The summed E-state index contributed by atoms with van der Waals surface area (Å²) >= 11 is 0. The van der Waals surface area contributed by atoms with Crippen LogP contribution in [0.1, 0.15) is 29.9 Å². The van der Waals surface area contributed by atoms with Crippen molar-refractivity contribution in [3.05, 3.63) is 59.7 Å². The Hall–Kier alpha value is -2.90. The second-order valence-electron chi connectivity index (χ2n) is 7.96. The molecule has 0 spiro atoms. The van der Waals surface area contributed by atoms with Crippen LogP contribution in [-0.2, 0) is 14.3 Å². The molecule has 2 aromatic rings. The number of amides is 1. The van der Waals surface area contributed by atoms with Gasteiger partial charge in [-0.15, -0.1) is 0 Å². The van der Waals surface area contributed by atoms with Crippen LogP contribution >= 0.6 is 0 Å². The summed E-state index contributed by atoms with van der Waals surface area (Å²) in [7, 11) is 0. The van der Waals surface area contributed by atoms with Crippen LogP contribution < -0.4 is 5.32 Å². The van der Waals surface area contributed by atoms with Crippen molar-refractivity contribution in [1.82, 2.24) is 10.2 Å². The average molecular weight is 424 g/mol. The number of morpholine rings is 1. The molecule has 1 fully saturated rings. The molecule has 0 radical (unpaired) electrons. The van der Waals surface area contributed by atoms with E-state index >= 15 is 0 Å². The van der Waals surface area contributed by atoms with Gasteiger partial charge in [-0.1, -0.05) is 48.5 Å². The van der Waals surface area contributed by atoms with Crippen molar-refractivity contribution < 1.29 is 24.2 Å². The average Bonchev–Trinajstić information content (AvgIpc) is 3.11. The van der Waals surface area contributed by atoms with E-state index in [0.717, 1.165) is 41.9 Å². The summed E-state index contributed by atoms with van der Waals surface area (Å²) in [6.45, 7) is 4.09. The van der Waals surface area contributed by atoms with E-state index in [0.29, 0.717) is 26.1 Å². The minimum atomic E-state index is -1.05. The van der Waals surface area contributed by atoms with Crippen molar-refractivity contribution in [2.75, 3.05) is 39.5 Å². The van der Waals surface area contributed by atoms with E-state index in [1.165, 1.54) is 0 Å². The number of fused-ring (bicyclic) bond motifs is 3. The van der Waals surface area contributed by atoms with Gasteiger partial charge in [-0.05, 0) is 41.6 Å². The molecule has 1 aliphatic carbocycles. The lowest BCUT2D eigenvalue weighted by Crippen LogP contribution is -2.42. The summed E-state index contributed by atoms with van der Waals surface area (Å²) in [6.07, 6.45) is 0.345. The minimum Gasteiger partial charge on any atom is -0.480 e. The molecule has 164 valence electrons. The number of hydrogen-bond donors (Lipinski definition) is 2.